The minimum Gasteiger partial charge on any atom is -0.493 e. The largest absolute Gasteiger partial charge is 0.493 e. The van der Waals surface area contributed by atoms with Gasteiger partial charge in [-0.05, 0) is 91.9 Å². The normalized spacial score (nSPS) is 35.1. The summed E-state index contributed by atoms with van der Waals surface area (Å²) in [4.78, 5) is 0. The Morgan fingerprint density at radius 2 is 2.13 bits per heavy atom. The maximum absolute atomic E-state index is 5.91. The summed E-state index contributed by atoms with van der Waals surface area (Å²) in [7, 11) is 0. The van der Waals surface area contributed by atoms with Crippen molar-refractivity contribution in [2.24, 2.45) is 17.3 Å². The fraction of sp³-hybridized carbons (Fsp3) is 0.636. The monoisotopic (exact) mass is 310 g/mol. The summed E-state index contributed by atoms with van der Waals surface area (Å²) in [6, 6.07) is 4.72. The van der Waals surface area contributed by atoms with E-state index in [0.29, 0.717) is 5.41 Å². The fourth-order valence-electron chi connectivity index (χ4n) is 6.05. The maximum Gasteiger partial charge on any atom is 0.126 e. The molecule has 3 aliphatic rings. The van der Waals surface area contributed by atoms with Crippen LogP contribution < -0.4 is 4.74 Å². The zero-order valence-electron chi connectivity index (χ0n) is 14.7. The van der Waals surface area contributed by atoms with Crippen LogP contribution in [0.15, 0.2) is 18.7 Å². The van der Waals surface area contributed by atoms with Crippen LogP contribution in [0, 0.1) is 17.3 Å². The summed E-state index contributed by atoms with van der Waals surface area (Å²) in [5, 5.41) is 0. The van der Waals surface area contributed by atoms with Crippen molar-refractivity contribution in [1.29, 1.82) is 0 Å². The average Bonchev–Trinajstić information content (AvgIpc) is 2.96. The Kier molecular flexibility index (Phi) is 3.78. The predicted molar refractivity (Wildman–Crippen MR) is 96.9 cm³/mol. The molecule has 1 nitrogen and oxygen atoms in total. The lowest BCUT2D eigenvalue weighted by molar-refractivity contribution is 0.0597. The van der Waals surface area contributed by atoms with Gasteiger partial charge in [0.15, 0.2) is 0 Å². The van der Waals surface area contributed by atoms with Gasteiger partial charge in [0.1, 0.15) is 5.75 Å². The summed E-state index contributed by atoms with van der Waals surface area (Å²) >= 11 is 0. The quantitative estimate of drug-likeness (QED) is 0.668. The summed E-state index contributed by atoms with van der Waals surface area (Å²) in [5.41, 5.74) is 4.98. The maximum atomic E-state index is 5.91. The van der Waals surface area contributed by atoms with Crippen LogP contribution in [0.4, 0.5) is 0 Å². The number of ether oxygens (including phenoxy) is 1. The van der Waals surface area contributed by atoms with E-state index in [-0.39, 0.29) is 0 Å². The number of hydrogen-bond acceptors (Lipinski definition) is 1. The van der Waals surface area contributed by atoms with Crippen molar-refractivity contribution in [3.63, 3.8) is 0 Å². The number of benzene rings is 1. The molecule has 4 rings (SSSR count). The molecule has 0 bridgehead atoms. The molecule has 3 aliphatic carbocycles. The second-order valence-electron chi connectivity index (χ2n) is 8.23. The van der Waals surface area contributed by atoms with Gasteiger partial charge in [-0.15, -0.1) is 0 Å². The Bertz CT molecular complexity index is 617. The lowest BCUT2D eigenvalue weighted by Crippen LogP contribution is -2.39. The van der Waals surface area contributed by atoms with Crippen LogP contribution in [0.1, 0.15) is 75.0 Å². The molecule has 0 amide bonds. The van der Waals surface area contributed by atoms with Crippen LogP contribution in [0.5, 0.6) is 5.75 Å². The molecule has 2 fully saturated rings. The molecule has 0 radical (unpaired) electrons. The van der Waals surface area contributed by atoms with Gasteiger partial charge in [0.25, 0.3) is 0 Å². The van der Waals surface area contributed by atoms with E-state index in [2.05, 4.69) is 32.6 Å². The fourth-order valence-corrected chi connectivity index (χ4v) is 6.05. The van der Waals surface area contributed by atoms with E-state index in [1.807, 2.05) is 6.08 Å². The van der Waals surface area contributed by atoms with E-state index >= 15 is 0 Å². The lowest BCUT2D eigenvalue weighted by atomic mass is 9.56. The van der Waals surface area contributed by atoms with Crippen molar-refractivity contribution < 1.29 is 4.74 Å². The Hall–Kier alpha value is -1.24. The molecular weight excluding hydrogens is 280 g/mol. The van der Waals surface area contributed by atoms with Gasteiger partial charge in [0.05, 0.1) is 6.61 Å². The van der Waals surface area contributed by atoms with Gasteiger partial charge in [-0.3, -0.25) is 0 Å². The molecule has 1 heteroatoms. The predicted octanol–water partition coefficient (Wildman–Crippen LogP) is 5.97. The first-order chi connectivity index (χ1) is 11.2. The van der Waals surface area contributed by atoms with Gasteiger partial charge in [-0.25, -0.2) is 0 Å². The van der Waals surface area contributed by atoms with Gasteiger partial charge in [0.2, 0.25) is 0 Å². The molecular formula is C22H30O. The summed E-state index contributed by atoms with van der Waals surface area (Å²) < 4.78 is 5.91. The highest BCUT2D eigenvalue weighted by Crippen LogP contribution is 2.61. The molecule has 1 aromatic rings. The third-order valence-electron chi connectivity index (χ3n) is 7.16. The Morgan fingerprint density at radius 1 is 1.26 bits per heavy atom. The Morgan fingerprint density at radius 3 is 2.91 bits per heavy atom. The first-order valence-electron chi connectivity index (χ1n) is 9.58. The number of hydrogen-bond donors (Lipinski definition) is 0. The SMILES string of the molecule is C=Cc1cc2c(cc1OCC)C1CCC3(C)CCCC3C1CC2. The summed E-state index contributed by atoms with van der Waals surface area (Å²) in [6.07, 6.45) is 11.8. The Balaban J connectivity index is 1.72. The van der Waals surface area contributed by atoms with Crippen molar-refractivity contribution in [2.45, 2.75) is 64.7 Å². The van der Waals surface area contributed by atoms with E-state index in [9.17, 15) is 0 Å². The van der Waals surface area contributed by atoms with Gasteiger partial charge in [-0.2, -0.15) is 0 Å². The van der Waals surface area contributed by atoms with Crippen LogP contribution in [0.3, 0.4) is 0 Å². The van der Waals surface area contributed by atoms with Crippen LogP contribution in [-0.4, -0.2) is 6.61 Å². The van der Waals surface area contributed by atoms with Crippen LogP contribution in [0.2, 0.25) is 0 Å². The molecule has 0 heterocycles. The molecule has 0 aliphatic heterocycles. The molecule has 0 N–H and O–H groups in total. The van der Waals surface area contributed by atoms with E-state index < -0.39 is 0 Å². The third kappa shape index (κ3) is 2.35. The van der Waals surface area contributed by atoms with Crippen LogP contribution >= 0.6 is 0 Å². The van der Waals surface area contributed by atoms with E-state index in [1.165, 1.54) is 50.5 Å². The lowest BCUT2D eigenvalue weighted by Gasteiger charge is -2.49. The molecule has 4 unspecified atom stereocenters. The van der Waals surface area contributed by atoms with Crippen molar-refractivity contribution in [3.8, 4) is 5.75 Å². The first-order valence-corrected chi connectivity index (χ1v) is 9.58. The highest BCUT2D eigenvalue weighted by atomic mass is 16.5. The Labute approximate surface area is 141 Å². The van der Waals surface area contributed by atoms with E-state index in [0.717, 1.165) is 30.1 Å². The van der Waals surface area contributed by atoms with Gasteiger partial charge in [-0.1, -0.05) is 26.0 Å². The minimum absolute atomic E-state index is 0.641. The minimum atomic E-state index is 0.641. The zero-order chi connectivity index (χ0) is 16.0. The van der Waals surface area contributed by atoms with E-state index in [1.54, 1.807) is 11.1 Å². The van der Waals surface area contributed by atoms with Crippen LogP contribution in [-0.2, 0) is 6.42 Å². The molecule has 0 aromatic heterocycles. The van der Waals surface area contributed by atoms with Gasteiger partial charge < -0.3 is 4.74 Å². The molecule has 2 saturated carbocycles. The second kappa shape index (κ2) is 5.69. The highest BCUT2D eigenvalue weighted by molar-refractivity contribution is 5.59. The number of fused-ring (bicyclic) bond motifs is 5. The number of rotatable bonds is 3. The second-order valence-corrected chi connectivity index (χ2v) is 8.23. The molecule has 0 spiro atoms. The molecule has 0 saturated heterocycles. The summed E-state index contributed by atoms with van der Waals surface area (Å²) in [5.74, 6) is 3.69. The molecule has 23 heavy (non-hydrogen) atoms. The average molecular weight is 310 g/mol. The summed E-state index contributed by atoms with van der Waals surface area (Å²) in [6.45, 7) is 9.35. The smallest absolute Gasteiger partial charge is 0.126 e. The molecule has 124 valence electrons. The zero-order valence-corrected chi connectivity index (χ0v) is 14.7. The first kappa shape index (κ1) is 15.3. The number of aryl methyl sites for hydroxylation is 1. The van der Waals surface area contributed by atoms with Crippen molar-refractivity contribution in [1.82, 2.24) is 0 Å². The molecule has 4 atom stereocenters. The van der Waals surface area contributed by atoms with Crippen molar-refractivity contribution in [3.05, 3.63) is 35.4 Å². The van der Waals surface area contributed by atoms with Gasteiger partial charge >= 0.3 is 0 Å². The van der Waals surface area contributed by atoms with Gasteiger partial charge in [0, 0.05) is 5.56 Å². The topological polar surface area (TPSA) is 9.23 Å². The molecule has 1 aromatic carbocycles. The standard InChI is InChI=1S/C22H30O/c1-4-15-13-16-8-9-18-17(19(16)14-21(15)23-5-2)10-12-22(3)11-6-7-20(18)22/h4,13-14,17-18,20H,1,5-12H2,2-3H3. The highest BCUT2D eigenvalue weighted by Gasteiger charge is 2.50. The van der Waals surface area contributed by atoms with Crippen molar-refractivity contribution in [2.75, 3.05) is 6.61 Å². The van der Waals surface area contributed by atoms with Crippen LogP contribution in [0.25, 0.3) is 6.08 Å². The van der Waals surface area contributed by atoms with Crippen molar-refractivity contribution >= 4 is 6.08 Å². The third-order valence-corrected chi connectivity index (χ3v) is 7.16. The van der Waals surface area contributed by atoms with E-state index in [4.69, 9.17) is 4.74 Å².